The maximum absolute atomic E-state index is 10.3. The first kappa shape index (κ1) is 24.1. The van der Waals surface area contributed by atoms with E-state index in [1.807, 2.05) is 24.3 Å². The molecule has 0 bridgehead atoms. The molecule has 1 unspecified atom stereocenters. The van der Waals surface area contributed by atoms with E-state index in [0.29, 0.717) is 12.5 Å². The minimum atomic E-state index is -0.522. The van der Waals surface area contributed by atoms with Gasteiger partial charge in [0.15, 0.2) is 0 Å². The van der Waals surface area contributed by atoms with Crippen LogP contribution in [0.3, 0.4) is 0 Å². The minimum Gasteiger partial charge on any atom is -0.508 e. The highest BCUT2D eigenvalue weighted by atomic mass is 16.5. The van der Waals surface area contributed by atoms with Gasteiger partial charge in [-0.15, -0.1) is 0 Å². The number of aliphatic hydroxyl groups is 1. The van der Waals surface area contributed by atoms with E-state index >= 15 is 0 Å². The molecule has 0 radical (unpaired) electrons. The van der Waals surface area contributed by atoms with Crippen molar-refractivity contribution in [2.24, 2.45) is 5.92 Å². The lowest BCUT2D eigenvalue weighted by molar-refractivity contribution is 0.0716. The minimum absolute atomic E-state index is 0.266. The van der Waals surface area contributed by atoms with E-state index in [4.69, 9.17) is 4.74 Å². The van der Waals surface area contributed by atoms with Gasteiger partial charge in [0.05, 0.1) is 0 Å². The second-order valence-electron chi connectivity index (χ2n) is 8.95. The van der Waals surface area contributed by atoms with Gasteiger partial charge in [-0.25, -0.2) is 0 Å². The lowest BCUT2D eigenvalue weighted by Gasteiger charge is -2.22. The van der Waals surface area contributed by atoms with Crippen LogP contribution in [-0.4, -0.2) is 47.5 Å². The third-order valence-corrected chi connectivity index (χ3v) is 6.44. The molecule has 2 N–H and O–H groups in total. The maximum atomic E-state index is 10.3. The van der Waals surface area contributed by atoms with Crippen LogP contribution in [0.1, 0.15) is 43.4 Å². The molecular formula is C30H35NO3. The van der Waals surface area contributed by atoms with Crippen LogP contribution >= 0.6 is 0 Å². The fourth-order valence-electron chi connectivity index (χ4n) is 4.42. The van der Waals surface area contributed by atoms with Gasteiger partial charge < -0.3 is 19.8 Å². The number of benzene rings is 3. The Bertz CT molecular complexity index is 1070. The molecule has 1 aliphatic carbocycles. The average molecular weight is 458 g/mol. The topological polar surface area (TPSA) is 52.9 Å². The molecule has 1 atom stereocenters. The zero-order chi connectivity index (χ0) is 23.9. The first-order valence-corrected chi connectivity index (χ1v) is 12.3. The number of aliphatic hydroxyl groups excluding tert-OH is 1. The van der Waals surface area contributed by atoms with Crippen molar-refractivity contribution in [3.05, 3.63) is 95.6 Å². The van der Waals surface area contributed by atoms with Crippen molar-refractivity contribution in [2.75, 3.05) is 26.2 Å². The van der Waals surface area contributed by atoms with Crippen LogP contribution < -0.4 is 4.74 Å². The van der Waals surface area contributed by atoms with E-state index in [1.165, 1.54) is 29.6 Å². The molecule has 0 saturated heterocycles. The van der Waals surface area contributed by atoms with Gasteiger partial charge in [-0.3, -0.25) is 0 Å². The highest BCUT2D eigenvalue weighted by Crippen LogP contribution is 2.47. The highest BCUT2D eigenvalue weighted by Gasteiger charge is 2.30. The Morgan fingerprint density at radius 1 is 0.853 bits per heavy atom. The molecule has 4 nitrogen and oxygen atoms in total. The fraction of sp³-hybridized carbons (Fsp3) is 0.333. The quantitative estimate of drug-likeness (QED) is 0.355. The van der Waals surface area contributed by atoms with E-state index in [-0.39, 0.29) is 12.4 Å². The fourth-order valence-corrected chi connectivity index (χ4v) is 4.42. The smallest absolute Gasteiger partial charge is 0.119 e. The summed E-state index contributed by atoms with van der Waals surface area (Å²) >= 11 is 0. The number of phenols is 1. The van der Waals surface area contributed by atoms with Crippen molar-refractivity contribution in [3.63, 3.8) is 0 Å². The monoisotopic (exact) mass is 457 g/mol. The number of aromatic hydroxyl groups is 1. The Morgan fingerprint density at radius 3 is 2.00 bits per heavy atom. The number of likely N-dealkylation sites (N-methyl/N-ethyl adjacent to an activating group) is 1. The van der Waals surface area contributed by atoms with E-state index in [1.54, 1.807) is 12.1 Å². The molecule has 4 heteroatoms. The second kappa shape index (κ2) is 11.4. The van der Waals surface area contributed by atoms with Crippen molar-refractivity contribution in [1.29, 1.82) is 0 Å². The Kier molecular flexibility index (Phi) is 8.04. The SMILES string of the molecule is CCN(CC)CC(O)COc1ccc(/C(=C(/c2ccccc2)C2CC2)c2ccc(O)cc2)cc1. The number of phenolic OH excluding ortho intramolecular Hbond substituents is 1. The summed E-state index contributed by atoms with van der Waals surface area (Å²) in [7, 11) is 0. The number of nitrogens with zero attached hydrogens (tertiary/aromatic N) is 1. The standard InChI is InChI=1S/C30H35NO3/c1-3-31(4-2)20-27(33)21-34-28-18-14-25(15-19-28)30(24-12-16-26(32)17-13-24)29(23-10-11-23)22-8-6-5-7-9-22/h5-9,12-19,23,27,32-33H,3-4,10-11,20-21H2,1-2H3/b30-29-. The van der Waals surface area contributed by atoms with Gasteiger partial charge in [0.1, 0.15) is 24.2 Å². The van der Waals surface area contributed by atoms with E-state index in [0.717, 1.165) is 30.0 Å². The Labute approximate surface area is 203 Å². The van der Waals surface area contributed by atoms with Crippen LogP contribution in [0.25, 0.3) is 11.1 Å². The van der Waals surface area contributed by atoms with Gasteiger partial charge in [-0.2, -0.15) is 0 Å². The predicted octanol–water partition coefficient (Wildman–Crippen LogP) is 5.84. The van der Waals surface area contributed by atoms with Crippen LogP contribution in [0.15, 0.2) is 78.9 Å². The maximum Gasteiger partial charge on any atom is 0.119 e. The Balaban J connectivity index is 1.62. The largest absolute Gasteiger partial charge is 0.508 e. The van der Waals surface area contributed by atoms with Gasteiger partial charge in [0.25, 0.3) is 0 Å². The number of ether oxygens (including phenoxy) is 1. The summed E-state index contributed by atoms with van der Waals surface area (Å²) in [6, 6.07) is 26.2. The van der Waals surface area contributed by atoms with Crippen molar-refractivity contribution in [2.45, 2.75) is 32.8 Å². The lowest BCUT2D eigenvalue weighted by atomic mass is 9.87. The lowest BCUT2D eigenvalue weighted by Crippen LogP contribution is -2.35. The first-order chi connectivity index (χ1) is 16.6. The summed E-state index contributed by atoms with van der Waals surface area (Å²) in [5.74, 6) is 1.56. The first-order valence-electron chi connectivity index (χ1n) is 12.3. The van der Waals surface area contributed by atoms with Crippen LogP contribution in [0.5, 0.6) is 11.5 Å². The summed E-state index contributed by atoms with van der Waals surface area (Å²) in [5, 5.41) is 20.2. The molecule has 0 amide bonds. The van der Waals surface area contributed by atoms with Crippen molar-refractivity contribution >= 4 is 11.1 Å². The van der Waals surface area contributed by atoms with E-state index in [9.17, 15) is 10.2 Å². The Morgan fingerprint density at radius 2 is 1.44 bits per heavy atom. The molecule has 4 rings (SSSR count). The highest BCUT2D eigenvalue weighted by molar-refractivity contribution is 6.00. The van der Waals surface area contributed by atoms with Gasteiger partial charge in [-0.05, 0) is 84.0 Å². The molecule has 3 aromatic carbocycles. The van der Waals surface area contributed by atoms with Crippen molar-refractivity contribution in [1.82, 2.24) is 4.90 Å². The molecule has 1 saturated carbocycles. The van der Waals surface area contributed by atoms with E-state index < -0.39 is 6.10 Å². The number of allylic oxidation sites excluding steroid dienone is 1. The summed E-state index contributed by atoms with van der Waals surface area (Å²) in [5.41, 5.74) is 6.00. The second-order valence-corrected chi connectivity index (χ2v) is 8.95. The third kappa shape index (κ3) is 6.07. The van der Waals surface area contributed by atoms with Gasteiger partial charge in [-0.1, -0.05) is 68.4 Å². The van der Waals surface area contributed by atoms with Gasteiger partial charge in [0, 0.05) is 6.54 Å². The van der Waals surface area contributed by atoms with Crippen LogP contribution in [0.2, 0.25) is 0 Å². The molecule has 178 valence electrons. The molecule has 0 aromatic heterocycles. The average Bonchev–Trinajstić information content (AvgIpc) is 3.71. The van der Waals surface area contributed by atoms with Crippen LogP contribution in [-0.2, 0) is 0 Å². The van der Waals surface area contributed by atoms with Gasteiger partial charge >= 0.3 is 0 Å². The van der Waals surface area contributed by atoms with Crippen LogP contribution in [0.4, 0.5) is 0 Å². The number of rotatable bonds is 11. The molecule has 0 heterocycles. The summed E-state index contributed by atoms with van der Waals surface area (Å²) in [4.78, 5) is 2.19. The summed E-state index contributed by atoms with van der Waals surface area (Å²) in [6.07, 6.45) is 1.86. The number of hydrogen-bond donors (Lipinski definition) is 2. The molecule has 3 aromatic rings. The molecule has 0 aliphatic heterocycles. The van der Waals surface area contributed by atoms with Gasteiger partial charge in [0.2, 0.25) is 0 Å². The van der Waals surface area contributed by atoms with Crippen LogP contribution in [0, 0.1) is 5.92 Å². The normalized spacial score (nSPS) is 15.2. The molecule has 1 aliphatic rings. The van der Waals surface area contributed by atoms with E-state index in [2.05, 4.69) is 61.2 Å². The zero-order valence-electron chi connectivity index (χ0n) is 20.2. The Hall–Kier alpha value is -3.08. The number of hydrogen-bond acceptors (Lipinski definition) is 4. The molecular weight excluding hydrogens is 422 g/mol. The zero-order valence-corrected chi connectivity index (χ0v) is 20.2. The van der Waals surface area contributed by atoms with Crippen molar-refractivity contribution in [3.8, 4) is 11.5 Å². The third-order valence-electron chi connectivity index (χ3n) is 6.44. The molecule has 0 spiro atoms. The summed E-state index contributed by atoms with van der Waals surface area (Å²) in [6.45, 7) is 6.91. The summed E-state index contributed by atoms with van der Waals surface area (Å²) < 4.78 is 5.89. The molecule has 34 heavy (non-hydrogen) atoms. The predicted molar refractivity (Wildman–Crippen MR) is 139 cm³/mol. The molecule has 1 fully saturated rings. The van der Waals surface area contributed by atoms with Crippen molar-refractivity contribution < 1.29 is 14.9 Å².